The smallest absolute Gasteiger partial charge is 0.475 e. The molecule has 0 aliphatic carbocycles. The van der Waals surface area contributed by atoms with Crippen molar-refractivity contribution in [1.29, 1.82) is 5.26 Å². The topological polar surface area (TPSA) is 123 Å². The maximum Gasteiger partial charge on any atom is 0.490 e. The van der Waals surface area contributed by atoms with E-state index in [1.807, 2.05) is 29.0 Å². The number of rotatable bonds is 6. The third kappa shape index (κ3) is 8.77. The van der Waals surface area contributed by atoms with Crippen LogP contribution in [0.1, 0.15) is 24.8 Å². The molecule has 2 aliphatic heterocycles. The first-order chi connectivity index (χ1) is 20.5. The summed E-state index contributed by atoms with van der Waals surface area (Å²) in [5, 5.41) is 28.1. The van der Waals surface area contributed by atoms with Crippen LogP contribution >= 0.6 is 0 Å². The lowest BCUT2D eigenvalue weighted by Gasteiger charge is -2.28. The standard InChI is InChI=1S/C27H31FN6OS.C2HF3O2/c28-25-16-21(3-4-22(25)18-29)26-17-27(31-19-20-2-1-10-30-11-9-20)32-34(26)24-7-5-23(6-8-24)33-12-14-36(35)15-13-33;3-2(4,5)1(6)7/h3-8,16-17,20,30H,1-2,9-15,19H2,(H,31,32);(H,6,7)/t20-;/m1./s1. The predicted molar refractivity (Wildman–Crippen MR) is 156 cm³/mol. The fourth-order valence-corrected chi connectivity index (χ4v) is 5.93. The summed E-state index contributed by atoms with van der Waals surface area (Å²) < 4.78 is 59.8. The Labute approximate surface area is 249 Å². The Hall–Kier alpha value is -3.96. The van der Waals surface area contributed by atoms with Crippen LogP contribution in [0.4, 0.5) is 29.1 Å². The van der Waals surface area contributed by atoms with Gasteiger partial charge in [0.2, 0.25) is 0 Å². The molecular weight excluding hydrogens is 588 g/mol. The van der Waals surface area contributed by atoms with Crippen molar-refractivity contribution in [3.05, 3.63) is 59.9 Å². The highest BCUT2D eigenvalue weighted by Gasteiger charge is 2.38. The van der Waals surface area contributed by atoms with E-state index < -0.39 is 28.8 Å². The second-order valence-electron chi connectivity index (χ2n) is 10.2. The van der Waals surface area contributed by atoms with Crippen LogP contribution in [-0.2, 0) is 15.6 Å². The van der Waals surface area contributed by atoms with Crippen molar-refractivity contribution in [2.75, 3.05) is 54.4 Å². The van der Waals surface area contributed by atoms with Gasteiger partial charge in [-0.05, 0) is 74.7 Å². The number of nitriles is 1. The lowest BCUT2D eigenvalue weighted by atomic mass is 10.0. The van der Waals surface area contributed by atoms with E-state index in [4.69, 9.17) is 20.3 Å². The fraction of sp³-hybridized carbons (Fsp3) is 0.414. The second-order valence-corrected chi connectivity index (χ2v) is 11.9. The Morgan fingerprint density at radius 1 is 1.09 bits per heavy atom. The average Bonchev–Trinajstić information content (AvgIpc) is 3.24. The summed E-state index contributed by atoms with van der Waals surface area (Å²) in [5.41, 5.74) is 3.40. The summed E-state index contributed by atoms with van der Waals surface area (Å²) in [7, 11) is -0.717. The molecule has 1 aromatic heterocycles. The quantitative estimate of drug-likeness (QED) is 0.343. The molecule has 230 valence electrons. The molecule has 3 heterocycles. The summed E-state index contributed by atoms with van der Waals surface area (Å²) in [6, 6.07) is 16.6. The second kappa shape index (κ2) is 14.5. The summed E-state index contributed by atoms with van der Waals surface area (Å²) in [5.74, 6) is -0.579. The van der Waals surface area contributed by atoms with Crippen LogP contribution in [-0.4, -0.2) is 75.5 Å². The summed E-state index contributed by atoms with van der Waals surface area (Å²) in [6.07, 6.45) is -1.59. The molecule has 0 saturated carbocycles. The molecule has 3 aromatic rings. The van der Waals surface area contributed by atoms with Crippen LogP contribution in [0.2, 0.25) is 0 Å². The Kier molecular flexibility index (Phi) is 10.8. The maximum absolute atomic E-state index is 14.5. The number of alkyl halides is 3. The number of nitrogens with zero attached hydrogens (tertiary/aromatic N) is 4. The number of benzene rings is 2. The zero-order chi connectivity index (χ0) is 31.0. The highest BCUT2D eigenvalue weighted by Crippen LogP contribution is 2.29. The summed E-state index contributed by atoms with van der Waals surface area (Å²) in [6.45, 7) is 4.53. The van der Waals surface area contributed by atoms with Gasteiger partial charge in [0.05, 0.1) is 16.9 Å². The molecule has 3 N–H and O–H groups in total. The highest BCUT2D eigenvalue weighted by atomic mass is 32.2. The molecule has 2 aromatic carbocycles. The molecule has 5 rings (SSSR count). The monoisotopic (exact) mass is 620 g/mol. The Balaban J connectivity index is 0.000000541. The van der Waals surface area contributed by atoms with Crippen molar-refractivity contribution in [2.45, 2.75) is 25.4 Å². The van der Waals surface area contributed by atoms with Crippen LogP contribution < -0.4 is 15.5 Å². The molecule has 0 unspecified atom stereocenters. The van der Waals surface area contributed by atoms with Gasteiger partial charge in [0.15, 0.2) is 0 Å². The number of carboxylic acids is 1. The predicted octanol–water partition coefficient (Wildman–Crippen LogP) is 4.55. The van der Waals surface area contributed by atoms with Crippen LogP contribution in [0.5, 0.6) is 0 Å². The lowest BCUT2D eigenvalue weighted by Crippen LogP contribution is -2.37. The zero-order valence-electron chi connectivity index (χ0n) is 23.2. The van der Waals surface area contributed by atoms with Gasteiger partial charge in [-0.3, -0.25) is 4.21 Å². The number of nitrogens with one attached hydrogen (secondary N) is 2. The molecule has 2 saturated heterocycles. The Morgan fingerprint density at radius 2 is 1.77 bits per heavy atom. The number of hydrogen-bond acceptors (Lipinski definition) is 7. The molecule has 14 heteroatoms. The van der Waals surface area contributed by atoms with E-state index in [9.17, 15) is 21.8 Å². The molecule has 0 radical (unpaired) electrons. The average molecular weight is 621 g/mol. The molecule has 0 amide bonds. The third-order valence-corrected chi connectivity index (χ3v) is 8.52. The van der Waals surface area contributed by atoms with Crippen LogP contribution in [0.25, 0.3) is 16.9 Å². The first kappa shape index (κ1) is 32.0. The highest BCUT2D eigenvalue weighted by molar-refractivity contribution is 7.85. The zero-order valence-corrected chi connectivity index (χ0v) is 24.1. The van der Waals surface area contributed by atoms with Gasteiger partial charge in [-0.2, -0.15) is 18.4 Å². The van der Waals surface area contributed by atoms with Crippen LogP contribution in [0, 0.1) is 23.1 Å². The van der Waals surface area contributed by atoms with Crippen molar-refractivity contribution in [3.63, 3.8) is 0 Å². The number of carbonyl (C=O) groups is 1. The van der Waals surface area contributed by atoms with E-state index in [1.165, 1.54) is 25.0 Å². The Morgan fingerprint density at radius 3 is 2.40 bits per heavy atom. The summed E-state index contributed by atoms with van der Waals surface area (Å²) in [4.78, 5) is 11.1. The largest absolute Gasteiger partial charge is 0.490 e. The van der Waals surface area contributed by atoms with Crippen molar-refractivity contribution in [1.82, 2.24) is 15.1 Å². The van der Waals surface area contributed by atoms with Gasteiger partial charge in [0.1, 0.15) is 17.7 Å². The molecule has 43 heavy (non-hydrogen) atoms. The van der Waals surface area contributed by atoms with Crippen molar-refractivity contribution in [3.8, 4) is 23.0 Å². The van der Waals surface area contributed by atoms with Gasteiger partial charge in [0, 0.05) is 59.3 Å². The minimum absolute atomic E-state index is 0.0250. The van der Waals surface area contributed by atoms with Crippen molar-refractivity contribution >= 4 is 28.3 Å². The first-order valence-corrected chi connectivity index (χ1v) is 15.3. The van der Waals surface area contributed by atoms with Crippen molar-refractivity contribution < 1.29 is 31.7 Å². The van der Waals surface area contributed by atoms with E-state index in [0.29, 0.717) is 23.0 Å². The SMILES string of the molecule is N#Cc1ccc(-c2cc(NC[C@@H]3CCCNCC3)nn2-c2ccc(N3CCS(=O)CC3)cc2)cc1F.O=C(O)C(F)(F)F. The minimum Gasteiger partial charge on any atom is -0.475 e. The molecule has 2 aliphatic rings. The first-order valence-electron chi connectivity index (χ1n) is 13.8. The van der Waals surface area contributed by atoms with E-state index in [-0.39, 0.29) is 5.56 Å². The van der Waals surface area contributed by atoms with Crippen LogP contribution in [0.3, 0.4) is 0 Å². The van der Waals surface area contributed by atoms with Gasteiger partial charge in [0.25, 0.3) is 0 Å². The van der Waals surface area contributed by atoms with Gasteiger partial charge >= 0.3 is 12.1 Å². The number of anilines is 2. The molecule has 2 fully saturated rings. The van der Waals surface area contributed by atoms with Gasteiger partial charge in [-0.15, -0.1) is 5.10 Å². The van der Waals surface area contributed by atoms with Gasteiger partial charge in [-0.1, -0.05) is 6.07 Å². The minimum atomic E-state index is -5.08. The normalized spacial score (nSPS) is 17.7. The molecule has 0 bridgehead atoms. The lowest BCUT2D eigenvalue weighted by molar-refractivity contribution is -0.192. The number of carboxylic acid groups (broad SMARTS) is 1. The number of hydrogen-bond donors (Lipinski definition) is 3. The van der Waals surface area contributed by atoms with E-state index in [0.717, 1.165) is 62.0 Å². The molecule has 1 atom stereocenters. The maximum atomic E-state index is 14.5. The summed E-state index contributed by atoms with van der Waals surface area (Å²) >= 11 is 0. The molecular formula is C29H32F4N6O3S. The molecule has 0 spiro atoms. The van der Waals surface area contributed by atoms with Gasteiger partial charge in [-0.25, -0.2) is 13.9 Å². The van der Waals surface area contributed by atoms with E-state index in [2.05, 4.69) is 27.7 Å². The van der Waals surface area contributed by atoms with E-state index >= 15 is 0 Å². The van der Waals surface area contributed by atoms with Gasteiger partial charge < -0.3 is 20.6 Å². The third-order valence-electron chi connectivity index (χ3n) is 7.24. The number of halogens is 4. The van der Waals surface area contributed by atoms with E-state index in [1.54, 1.807) is 6.07 Å². The number of aliphatic carboxylic acids is 1. The van der Waals surface area contributed by atoms with Crippen molar-refractivity contribution in [2.24, 2.45) is 5.92 Å². The van der Waals surface area contributed by atoms with Crippen LogP contribution in [0.15, 0.2) is 48.5 Å². The fourth-order valence-electron chi connectivity index (χ4n) is 4.88. The Bertz CT molecular complexity index is 1450. The number of aromatic nitrogens is 2. The molecule has 9 nitrogen and oxygen atoms in total.